The summed E-state index contributed by atoms with van der Waals surface area (Å²) in [6.45, 7) is 1.93. The van der Waals surface area contributed by atoms with Gasteiger partial charge in [-0.25, -0.2) is 5.53 Å². The summed E-state index contributed by atoms with van der Waals surface area (Å²) in [5, 5.41) is 3.39. The van der Waals surface area contributed by atoms with E-state index in [1.807, 2.05) is 13.0 Å². The Morgan fingerprint density at radius 1 is 1.60 bits per heavy atom. The van der Waals surface area contributed by atoms with Crippen LogP contribution >= 0.6 is 0 Å². The Morgan fingerprint density at radius 2 is 2.40 bits per heavy atom. The number of nitrogens with zero attached hydrogens (tertiary/aromatic N) is 1. The lowest BCUT2D eigenvalue weighted by atomic mass is 10.1. The first kappa shape index (κ1) is 6.99. The number of hydrogen-bond acceptors (Lipinski definition) is 3. The van der Waals surface area contributed by atoms with Crippen LogP contribution in [0.2, 0.25) is 0 Å². The van der Waals surface area contributed by atoms with Gasteiger partial charge in [-0.05, 0) is 12.2 Å². The standard InChI is InChI=1S/C7H10N2O/c1-2-7(9-8)5-3-4-6-10-7/h3-6,8H,2H2,1H3. The van der Waals surface area contributed by atoms with Gasteiger partial charge in [0.1, 0.15) is 0 Å². The van der Waals surface area contributed by atoms with Crippen LogP contribution in [-0.4, -0.2) is 5.72 Å². The molecule has 0 radical (unpaired) electrons. The van der Waals surface area contributed by atoms with Crippen molar-refractivity contribution in [1.82, 2.24) is 0 Å². The highest BCUT2D eigenvalue weighted by Crippen LogP contribution is 2.22. The minimum absolute atomic E-state index is 0.692. The molecule has 0 aromatic heterocycles. The molecule has 0 aromatic rings. The Labute approximate surface area is 59.9 Å². The van der Waals surface area contributed by atoms with Gasteiger partial charge in [0.05, 0.1) is 6.26 Å². The van der Waals surface area contributed by atoms with Gasteiger partial charge in [0.15, 0.2) is 0 Å². The summed E-state index contributed by atoms with van der Waals surface area (Å²) in [7, 11) is 0. The number of ether oxygens (including phenoxy) is 1. The fraction of sp³-hybridized carbons (Fsp3) is 0.429. The molecule has 1 heterocycles. The highest BCUT2D eigenvalue weighted by atomic mass is 16.5. The average molecular weight is 138 g/mol. The SMILES string of the molecule is CCC1(N=N)C=CC=CO1. The summed E-state index contributed by atoms with van der Waals surface area (Å²) in [4.78, 5) is 0. The molecule has 10 heavy (non-hydrogen) atoms. The molecular weight excluding hydrogens is 128 g/mol. The van der Waals surface area contributed by atoms with Crippen molar-refractivity contribution in [3.8, 4) is 0 Å². The predicted molar refractivity (Wildman–Crippen MR) is 37.5 cm³/mol. The van der Waals surface area contributed by atoms with Crippen molar-refractivity contribution in [2.45, 2.75) is 19.1 Å². The number of allylic oxidation sites excluding steroid dienone is 2. The topological polar surface area (TPSA) is 45.4 Å². The zero-order chi connectivity index (χ0) is 7.45. The summed E-state index contributed by atoms with van der Waals surface area (Å²) in [6.07, 6.45) is 7.64. The Balaban J connectivity index is 2.75. The second-order valence-electron chi connectivity index (χ2n) is 2.12. The summed E-state index contributed by atoms with van der Waals surface area (Å²) in [5.41, 5.74) is 6.15. The highest BCUT2D eigenvalue weighted by molar-refractivity contribution is 5.12. The fourth-order valence-corrected chi connectivity index (χ4v) is 0.792. The third-order valence-corrected chi connectivity index (χ3v) is 1.51. The molecule has 1 N–H and O–H groups in total. The monoisotopic (exact) mass is 138 g/mol. The Hall–Kier alpha value is -1.12. The van der Waals surface area contributed by atoms with Crippen LogP contribution in [0, 0.1) is 5.53 Å². The maximum atomic E-state index is 6.86. The molecule has 0 aliphatic carbocycles. The summed E-state index contributed by atoms with van der Waals surface area (Å²) >= 11 is 0. The van der Waals surface area contributed by atoms with Crippen molar-refractivity contribution in [2.75, 3.05) is 0 Å². The van der Waals surface area contributed by atoms with Crippen molar-refractivity contribution < 1.29 is 4.74 Å². The van der Waals surface area contributed by atoms with E-state index in [0.717, 1.165) is 0 Å². The molecule has 3 nitrogen and oxygen atoms in total. The van der Waals surface area contributed by atoms with Crippen LogP contribution in [0.4, 0.5) is 0 Å². The average Bonchev–Trinajstić information content (AvgIpc) is 2.06. The summed E-state index contributed by atoms with van der Waals surface area (Å²) in [6, 6.07) is 0. The Bertz CT molecular complexity index is 186. The van der Waals surface area contributed by atoms with E-state index in [9.17, 15) is 0 Å². The molecule has 1 aliphatic heterocycles. The van der Waals surface area contributed by atoms with Crippen LogP contribution in [0.15, 0.2) is 29.6 Å². The van der Waals surface area contributed by atoms with E-state index in [2.05, 4.69) is 5.11 Å². The number of rotatable bonds is 2. The van der Waals surface area contributed by atoms with Gasteiger partial charge < -0.3 is 4.74 Å². The first-order valence-electron chi connectivity index (χ1n) is 3.24. The first-order chi connectivity index (χ1) is 4.83. The van der Waals surface area contributed by atoms with Gasteiger partial charge >= 0.3 is 0 Å². The molecule has 1 unspecified atom stereocenters. The maximum absolute atomic E-state index is 6.86. The number of hydrogen-bond donors (Lipinski definition) is 1. The van der Waals surface area contributed by atoms with E-state index < -0.39 is 5.72 Å². The fourth-order valence-electron chi connectivity index (χ4n) is 0.792. The molecule has 0 spiro atoms. The van der Waals surface area contributed by atoms with Gasteiger partial charge in [0, 0.05) is 6.42 Å². The van der Waals surface area contributed by atoms with Crippen LogP contribution < -0.4 is 0 Å². The van der Waals surface area contributed by atoms with Gasteiger partial charge in [-0.15, -0.1) is 5.11 Å². The smallest absolute Gasteiger partial charge is 0.236 e. The van der Waals surface area contributed by atoms with Crippen molar-refractivity contribution in [1.29, 1.82) is 5.53 Å². The summed E-state index contributed by atoms with van der Waals surface area (Å²) < 4.78 is 5.14. The van der Waals surface area contributed by atoms with E-state index in [4.69, 9.17) is 10.3 Å². The molecule has 3 heteroatoms. The molecule has 0 fully saturated rings. The van der Waals surface area contributed by atoms with Crippen molar-refractivity contribution in [3.63, 3.8) is 0 Å². The van der Waals surface area contributed by atoms with Gasteiger partial charge in [0.25, 0.3) is 0 Å². The Kier molecular flexibility index (Phi) is 1.85. The molecular formula is C7H10N2O. The lowest BCUT2D eigenvalue weighted by Crippen LogP contribution is -2.24. The number of nitrogens with one attached hydrogen (secondary N) is 1. The molecule has 1 rings (SSSR count). The highest BCUT2D eigenvalue weighted by Gasteiger charge is 2.25. The summed E-state index contributed by atoms with van der Waals surface area (Å²) in [5.74, 6) is 0. The largest absolute Gasteiger partial charge is 0.469 e. The van der Waals surface area contributed by atoms with Crippen molar-refractivity contribution >= 4 is 0 Å². The lowest BCUT2D eigenvalue weighted by molar-refractivity contribution is 0.0599. The van der Waals surface area contributed by atoms with Crippen LogP contribution in [0.25, 0.3) is 0 Å². The van der Waals surface area contributed by atoms with E-state index in [0.29, 0.717) is 6.42 Å². The third-order valence-electron chi connectivity index (χ3n) is 1.51. The van der Waals surface area contributed by atoms with Crippen LogP contribution in [-0.2, 0) is 4.74 Å². The molecule has 0 bridgehead atoms. The van der Waals surface area contributed by atoms with Gasteiger partial charge in [-0.3, -0.25) is 0 Å². The lowest BCUT2D eigenvalue weighted by Gasteiger charge is -2.23. The van der Waals surface area contributed by atoms with Crippen molar-refractivity contribution in [3.05, 3.63) is 24.5 Å². The van der Waals surface area contributed by atoms with E-state index >= 15 is 0 Å². The zero-order valence-electron chi connectivity index (χ0n) is 5.87. The van der Waals surface area contributed by atoms with E-state index in [-0.39, 0.29) is 0 Å². The second kappa shape index (κ2) is 2.64. The minimum Gasteiger partial charge on any atom is -0.469 e. The second-order valence-corrected chi connectivity index (χ2v) is 2.12. The molecule has 54 valence electrons. The zero-order valence-corrected chi connectivity index (χ0v) is 5.87. The normalized spacial score (nSPS) is 29.7. The van der Waals surface area contributed by atoms with E-state index in [1.165, 1.54) is 0 Å². The van der Waals surface area contributed by atoms with Gasteiger partial charge in [0.2, 0.25) is 5.72 Å². The molecule has 0 saturated carbocycles. The van der Waals surface area contributed by atoms with E-state index in [1.54, 1.807) is 18.4 Å². The predicted octanol–water partition coefficient (Wildman–Crippen LogP) is 2.22. The quantitative estimate of drug-likeness (QED) is 0.584. The first-order valence-corrected chi connectivity index (χ1v) is 3.24. The molecule has 0 saturated heterocycles. The Morgan fingerprint density at radius 3 is 2.70 bits per heavy atom. The van der Waals surface area contributed by atoms with Crippen LogP contribution in [0.1, 0.15) is 13.3 Å². The molecule has 1 aliphatic rings. The molecule has 0 aromatic carbocycles. The molecule has 0 amide bonds. The van der Waals surface area contributed by atoms with Gasteiger partial charge in [-0.2, -0.15) is 0 Å². The van der Waals surface area contributed by atoms with Crippen LogP contribution in [0.5, 0.6) is 0 Å². The maximum Gasteiger partial charge on any atom is 0.236 e. The minimum atomic E-state index is -0.714. The van der Waals surface area contributed by atoms with Gasteiger partial charge in [-0.1, -0.05) is 13.0 Å². The third kappa shape index (κ3) is 1.07. The van der Waals surface area contributed by atoms with Crippen molar-refractivity contribution in [2.24, 2.45) is 5.11 Å². The van der Waals surface area contributed by atoms with Crippen LogP contribution in [0.3, 0.4) is 0 Å². The molecule has 1 atom stereocenters.